The van der Waals surface area contributed by atoms with Gasteiger partial charge in [0, 0.05) is 17.7 Å². The summed E-state index contributed by atoms with van der Waals surface area (Å²) in [4.78, 5) is 4.18. The minimum Gasteiger partial charge on any atom is -0.249 e. The summed E-state index contributed by atoms with van der Waals surface area (Å²) < 4.78 is 0. The second-order valence-electron chi connectivity index (χ2n) is 2.54. The molecule has 0 radical (unpaired) electrons. The third-order valence-corrected chi connectivity index (χ3v) is 3.65. The van der Waals surface area contributed by atoms with E-state index in [2.05, 4.69) is 18.0 Å². The van der Waals surface area contributed by atoms with Gasteiger partial charge < -0.3 is 0 Å². The average molecular weight is 224 g/mol. The van der Waals surface area contributed by atoms with Gasteiger partial charge in [0.05, 0.1) is 10.6 Å². The molecule has 0 unspecified atom stereocenters. The standard InChI is InChI=1S/C10H12N2S2/c1-2-13-5-6-14-10-4-3-9(7-11)8-12-10/h3-4,8H,2,5-6H2,1H3. The Hall–Kier alpha value is -0.660. The lowest BCUT2D eigenvalue weighted by Crippen LogP contribution is -1.87. The fourth-order valence-corrected chi connectivity index (χ4v) is 2.48. The molecule has 0 aliphatic rings. The molecule has 0 N–H and O–H groups in total. The van der Waals surface area contributed by atoms with E-state index in [4.69, 9.17) is 5.26 Å². The molecule has 2 nitrogen and oxygen atoms in total. The normalized spacial score (nSPS) is 9.71. The van der Waals surface area contributed by atoms with Crippen molar-refractivity contribution in [2.45, 2.75) is 11.9 Å². The molecule has 0 atom stereocenters. The van der Waals surface area contributed by atoms with Crippen molar-refractivity contribution in [1.82, 2.24) is 4.98 Å². The lowest BCUT2D eigenvalue weighted by atomic mass is 10.3. The van der Waals surface area contributed by atoms with Crippen molar-refractivity contribution >= 4 is 23.5 Å². The van der Waals surface area contributed by atoms with Crippen LogP contribution in [0.4, 0.5) is 0 Å². The Morgan fingerprint density at radius 3 is 2.86 bits per heavy atom. The summed E-state index contributed by atoms with van der Waals surface area (Å²) >= 11 is 3.67. The van der Waals surface area contributed by atoms with Gasteiger partial charge in [-0.15, -0.1) is 11.8 Å². The van der Waals surface area contributed by atoms with Crippen LogP contribution in [-0.4, -0.2) is 22.2 Å². The third-order valence-electron chi connectivity index (χ3n) is 1.55. The van der Waals surface area contributed by atoms with Gasteiger partial charge in [0.15, 0.2) is 0 Å². The highest BCUT2D eigenvalue weighted by Gasteiger charge is 1.95. The van der Waals surface area contributed by atoms with Crippen molar-refractivity contribution in [3.05, 3.63) is 23.9 Å². The predicted octanol–water partition coefficient (Wildman–Crippen LogP) is 2.80. The van der Waals surface area contributed by atoms with Crippen molar-refractivity contribution in [3.63, 3.8) is 0 Å². The Bertz CT molecular complexity index is 303. The second kappa shape index (κ2) is 6.74. The van der Waals surface area contributed by atoms with Gasteiger partial charge >= 0.3 is 0 Å². The van der Waals surface area contributed by atoms with E-state index < -0.39 is 0 Å². The summed E-state index contributed by atoms with van der Waals surface area (Å²) in [6.07, 6.45) is 1.62. The molecule has 1 rings (SSSR count). The molecule has 1 aromatic rings. The van der Waals surface area contributed by atoms with Crippen molar-refractivity contribution in [1.29, 1.82) is 5.26 Å². The van der Waals surface area contributed by atoms with Gasteiger partial charge in [-0.3, -0.25) is 0 Å². The maximum absolute atomic E-state index is 8.57. The summed E-state index contributed by atoms with van der Waals surface area (Å²) in [5.41, 5.74) is 0.622. The topological polar surface area (TPSA) is 36.7 Å². The van der Waals surface area contributed by atoms with Gasteiger partial charge in [-0.05, 0) is 17.9 Å². The predicted molar refractivity (Wildman–Crippen MR) is 62.7 cm³/mol. The number of rotatable bonds is 5. The molecular weight excluding hydrogens is 212 g/mol. The molecule has 0 fully saturated rings. The Balaban J connectivity index is 2.33. The minimum absolute atomic E-state index is 0.622. The van der Waals surface area contributed by atoms with E-state index in [1.807, 2.05) is 23.9 Å². The molecule has 0 aromatic carbocycles. The smallest absolute Gasteiger partial charge is 0.101 e. The number of aromatic nitrogens is 1. The second-order valence-corrected chi connectivity index (χ2v) is 5.05. The zero-order chi connectivity index (χ0) is 10.2. The first kappa shape index (κ1) is 11.4. The summed E-state index contributed by atoms with van der Waals surface area (Å²) in [5, 5.41) is 9.58. The first-order chi connectivity index (χ1) is 6.86. The maximum Gasteiger partial charge on any atom is 0.101 e. The Morgan fingerprint density at radius 1 is 1.43 bits per heavy atom. The van der Waals surface area contributed by atoms with Gasteiger partial charge in [-0.25, -0.2) is 4.98 Å². The summed E-state index contributed by atoms with van der Waals surface area (Å²) in [6.45, 7) is 2.16. The Kier molecular flexibility index (Phi) is 5.50. The minimum atomic E-state index is 0.622. The lowest BCUT2D eigenvalue weighted by Gasteiger charge is -1.99. The maximum atomic E-state index is 8.57. The van der Waals surface area contributed by atoms with Crippen LogP contribution in [0.3, 0.4) is 0 Å². The van der Waals surface area contributed by atoms with Crippen LogP contribution in [0.2, 0.25) is 0 Å². The number of pyridine rings is 1. The zero-order valence-electron chi connectivity index (χ0n) is 8.06. The van der Waals surface area contributed by atoms with Gasteiger partial charge in [0.1, 0.15) is 6.07 Å². The molecule has 1 heterocycles. The van der Waals surface area contributed by atoms with Crippen molar-refractivity contribution in [3.8, 4) is 6.07 Å². The van der Waals surface area contributed by atoms with E-state index in [0.29, 0.717) is 5.56 Å². The monoisotopic (exact) mass is 224 g/mol. The summed E-state index contributed by atoms with van der Waals surface area (Å²) in [6, 6.07) is 5.77. The molecule has 0 aliphatic heterocycles. The Labute approximate surface area is 93.1 Å². The molecule has 0 aliphatic carbocycles. The molecule has 1 aromatic heterocycles. The first-order valence-electron chi connectivity index (χ1n) is 4.43. The van der Waals surface area contributed by atoms with Crippen LogP contribution in [0, 0.1) is 11.3 Å². The summed E-state index contributed by atoms with van der Waals surface area (Å²) in [7, 11) is 0. The molecule has 74 valence electrons. The largest absolute Gasteiger partial charge is 0.249 e. The number of hydrogen-bond donors (Lipinski definition) is 0. The van der Waals surface area contributed by atoms with Gasteiger partial charge in [0.25, 0.3) is 0 Å². The van der Waals surface area contributed by atoms with Gasteiger partial charge in [0.2, 0.25) is 0 Å². The van der Waals surface area contributed by atoms with Crippen molar-refractivity contribution in [2.75, 3.05) is 17.3 Å². The number of nitrogens with zero attached hydrogens (tertiary/aromatic N) is 2. The van der Waals surface area contributed by atoms with E-state index in [1.165, 1.54) is 5.75 Å². The SMILES string of the molecule is CCSCCSc1ccc(C#N)cn1. The fraction of sp³-hybridized carbons (Fsp3) is 0.400. The average Bonchev–Trinajstić information content (AvgIpc) is 2.25. The molecular formula is C10H12N2S2. The molecule has 0 bridgehead atoms. The quantitative estimate of drug-likeness (QED) is 0.569. The first-order valence-corrected chi connectivity index (χ1v) is 6.57. The molecule has 4 heteroatoms. The highest BCUT2D eigenvalue weighted by Crippen LogP contribution is 2.16. The van der Waals surface area contributed by atoms with Crippen LogP contribution in [0.5, 0.6) is 0 Å². The fourth-order valence-electron chi connectivity index (χ4n) is 0.881. The third kappa shape index (κ3) is 4.03. The molecule has 0 saturated carbocycles. The van der Waals surface area contributed by atoms with Crippen LogP contribution < -0.4 is 0 Å². The molecule has 14 heavy (non-hydrogen) atoms. The van der Waals surface area contributed by atoms with Crippen LogP contribution in [0.25, 0.3) is 0 Å². The zero-order valence-corrected chi connectivity index (χ0v) is 9.70. The van der Waals surface area contributed by atoms with Crippen molar-refractivity contribution in [2.24, 2.45) is 0 Å². The number of hydrogen-bond acceptors (Lipinski definition) is 4. The number of nitriles is 1. The highest BCUT2D eigenvalue weighted by molar-refractivity contribution is 8.02. The van der Waals surface area contributed by atoms with Crippen LogP contribution in [-0.2, 0) is 0 Å². The van der Waals surface area contributed by atoms with E-state index >= 15 is 0 Å². The molecule has 0 spiro atoms. The molecule has 0 saturated heterocycles. The highest BCUT2D eigenvalue weighted by atomic mass is 32.2. The van der Waals surface area contributed by atoms with E-state index in [1.54, 1.807) is 18.0 Å². The van der Waals surface area contributed by atoms with Crippen molar-refractivity contribution < 1.29 is 0 Å². The van der Waals surface area contributed by atoms with Crippen LogP contribution in [0.15, 0.2) is 23.4 Å². The van der Waals surface area contributed by atoms with Crippen LogP contribution >= 0.6 is 23.5 Å². The van der Waals surface area contributed by atoms with Crippen LogP contribution in [0.1, 0.15) is 12.5 Å². The lowest BCUT2D eigenvalue weighted by molar-refractivity contribution is 1.12. The summed E-state index contributed by atoms with van der Waals surface area (Å²) in [5.74, 6) is 3.40. The van der Waals surface area contributed by atoms with E-state index in [-0.39, 0.29) is 0 Å². The van der Waals surface area contributed by atoms with E-state index in [9.17, 15) is 0 Å². The van der Waals surface area contributed by atoms with Gasteiger partial charge in [-0.1, -0.05) is 6.92 Å². The van der Waals surface area contributed by atoms with E-state index in [0.717, 1.165) is 16.5 Å². The Morgan fingerprint density at radius 2 is 2.29 bits per heavy atom. The number of thioether (sulfide) groups is 2. The molecule has 0 amide bonds. The van der Waals surface area contributed by atoms with Gasteiger partial charge in [-0.2, -0.15) is 17.0 Å².